The lowest BCUT2D eigenvalue weighted by atomic mass is 10.2. The van der Waals surface area contributed by atoms with Gasteiger partial charge in [-0.1, -0.05) is 6.92 Å². The van der Waals surface area contributed by atoms with Crippen LogP contribution in [0.25, 0.3) is 0 Å². The predicted octanol–water partition coefficient (Wildman–Crippen LogP) is 0.603. The molecule has 0 fully saturated rings. The van der Waals surface area contributed by atoms with Crippen molar-refractivity contribution in [2.45, 2.75) is 19.8 Å². The Morgan fingerprint density at radius 3 is 2.71 bits per heavy atom. The molecule has 0 atom stereocenters. The molecule has 0 saturated carbocycles. The average Bonchev–Trinajstić information content (AvgIpc) is 2.61. The number of hydrogen-bond donors (Lipinski definition) is 0. The third kappa shape index (κ3) is 2.86. The topological polar surface area (TPSA) is 104 Å². The van der Waals surface area contributed by atoms with E-state index in [1.54, 1.807) is 6.92 Å². The summed E-state index contributed by atoms with van der Waals surface area (Å²) in [5, 5.41) is 10.5. The highest BCUT2D eigenvalue weighted by Crippen LogP contribution is 2.17. The summed E-state index contributed by atoms with van der Waals surface area (Å²) in [6, 6.07) is -0.272. The number of Topliss-reactive ketones (excluding diaryl/α,β-unsaturated/α-hetero) is 1. The van der Waals surface area contributed by atoms with Gasteiger partial charge in [-0.25, -0.2) is 4.79 Å². The third-order valence-corrected chi connectivity index (χ3v) is 2.00. The molecule has 0 N–H and O–H groups in total. The summed E-state index contributed by atoms with van der Waals surface area (Å²) >= 11 is 0. The van der Waals surface area contributed by atoms with Crippen molar-refractivity contribution in [3.63, 3.8) is 0 Å². The molecule has 1 rings (SSSR count). The van der Waals surface area contributed by atoms with Gasteiger partial charge in [0.15, 0.2) is 0 Å². The van der Waals surface area contributed by atoms with E-state index in [1.165, 1.54) is 7.05 Å². The van der Waals surface area contributed by atoms with E-state index in [9.17, 15) is 19.7 Å². The van der Waals surface area contributed by atoms with Crippen LogP contribution in [0.1, 0.15) is 19.8 Å². The summed E-state index contributed by atoms with van der Waals surface area (Å²) in [6.45, 7) is 1.75. The van der Waals surface area contributed by atoms with Gasteiger partial charge < -0.3 is 14.9 Å². The molecule has 17 heavy (non-hydrogen) atoms. The summed E-state index contributed by atoms with van der Waals surface area (Å²) in [5.41, 5.74) is 0. The molecular formula is C9H11N3O5. The number of rotatable bonds is 5. The van der Waals surface area contributed by atoms with Gasteiger partial charge >= 0.3 is 17.8 Å². The quantitative estimate of drug-likeness (QED) is 0.323. The Morgan fingerprint density at radius 2 is 2.24 bits per heavy atom. The van der Waals surface area contributed by atoms with Gasteiger partial charge in [0.25, 0.3) is 0 Å². The highest BCUT2D eigenvalue weighted by atomic mass is 16.6. The van der Waals surface area contributed by atoms with Crippen molar-refractivity contribution in [1.82, 2.24) is 9.55 Å². The van der Waals surface area contributed by atoms with Crippen molar-refractivity contribution in [3.8, 4) is 6.01 Å². The monoisotopic (exact) mass is 241 g/mol. The third-order valence-electron chi connectivity index (χ3n) is 2.00. The van der Waals surface area contributed by atoms with Crippen LogP contribution in [0.2, 0.25) is 0 Å². The van der Waals surface area contributed by atoms with Gasteiger partial charge in [-0.15, -0.1) is 0 Å². The van der Waals surface area contributed by atoms with E-state index < -0.39 is 16.7 Å². The van der Waals surface area contributed by atoms with E-state index in [0.29, 0.717) is 6.42 Å². The number of carbonyl (C=O) groups is 2. The summed E-state index contributed by atoms with van der Waals surface area (Å²) in [4.78, 5) is 35.8. The molecule has 0 aliphatic heterocycles. The summed E-state index contributed by atoms with van der Waals surface area (Å²) in [6.07, 6.45) is 1.55. The molecule has 0 spiro atoms. The standard InChI is InChI=1S/C9H11N3O5/c1-3-4-6(13)8(14)17-9-10-5-7(11(9)2)12(15)16/h5H,3-4H2,1-2H3. The minimum absolute atomic E-state index is 0.0748. The maximum atomic E-state index is 11.2. The molecule has 8 nitrogen and oxygen atoms in total. The molecule has 1 heterocycles. The van der Waals surface area contributed by atoms with E-state index in [-0.39, 0.29) is 18.2 Å². The molecular weight excluding hydrogens is 230 g/mol. The van der Waals surface area contributed by atoms with Crippen LogP contribution in [0.3, 0.4) is 0 Å². The lowest BCUT2D eigenvalue weighted by Crippen LogP contribution is -2.21. The molecule has 0 unspecified atom stereocenters. The van der Waals surface area contributed by atoms with E-state index >= 15 is 0 Å². The van der Waals surface area contributed by atoms with Crippen LogP contribution < -0.4 is 4.74 Å². The Bertz CT molecular complexity index is 465. The molecule has 0 aliphatic rings. The Hall–Kier alpha value is -2.25. The minimum atomic E-state index is -1.06. The zero-order valence-corrected chi connectivity index (χ0v) is 9.37. The molecule has 92 valence electrons. The van der Waals surface area contributed by atoms with Crippen molar-refractivity contribution in [2.24, 2.45) is 7.05 Å². The summed E-state index contributed by atoms with van der Waals surface area (Å²) in [5.74, 6) is -2.07. The van der Waals surface area contributed by atoms with Gasteiger partial charge in [0.2, 0.25) is 5.78 Å². The Balaban J connectivity index is 2.79. The van der Waals surface area contributed by atoms with Crippen molar-refractivity contribution in [2.75, 3.05) is 0 Å². The SMILES string of the molecule is CCCC(=O)C(=O)Oc1ncc([N+](=O)[O-])n1C. The molecule has 0 saturated heterocycles. The fourth-order valence-corrected chi connectivity index (χ4v) is 1.12. The molecule has 1 aromatic rings. The number of esters is 1. The van der Waals surface area contributed by atoms with Crippen molar-refractivity contribution < 1.29 is 19.2 Å². The maximum Gasteiger partial charge on any atom is 0.398 e. The van der Waals surface area contributed by atoms with Crippen LogP contribution in [-0.4, -0.2) is 26.2 Å². The number of nitro groups is 1. The van der Waals surface area contributed by atoms with Crippen molar-refractivity contribution >= 4 is 17.6 Å². The number of imidazole rings is 1. The number of hydrogen-bond acceptors (Lipinski definition) is 6. The minimum Gasteiger partial charge on any atom is -0.368 e. The first-order chi connectivity index (χ1) is 7.97. The van der Waals surface area contributed by atoms with Crippen LogP contribution in [0.15, 0.2) is 6.20 Å². The number of ether oxygens (including phenoxy) is 1. The highest BCUT2D eigenvalue weighted by molar-refractivity contribution is 6.34. The molecule has 0 aliphatic carbocycles. The van der Waals surface area contributed by atoms with Gasteiger partial charge in [-0.05, 0) is 11.3 Å². The lowest BCUT2D eigenvalue weighted by Gasteiger charge is -1.99. The molecule has 8 heteroatoms. The average molecular weight is 241 g/mol. The van der Waals surface area contributed by atoms with Crippen LogP contribution in [0, 0.1) is 10.1 Å². The predicted molar refractivity (Wildman–Crippen MR) is 55.4 cm³/mol. The number of nitrogens with zero attached hydrogens (tertiary/aromatic N) is 3. The van der Waals surface area contributed by atoms with Gasteiger partial charge in [0.1, 0.15) is 6.20 Å². The van der Waals surface area contributed by atoms with Crippen LogP contribution in [-0.2, 0) is 16.6 Å². The summed E-state index contributed by atoms with van der Waals surface area (Å²) in [7, 11) is 1.32. The van der Waals surface area contributed by atoms with Gasteiger partial charge in [0.05, 0.1) is 7.05 Å². The van der Waals surface area contributed by atoms with Crippen molar-refractivity contribution in [1.29, 1.82) is 0 Å². The van der Waals surface area contributed by atoms with E-state index in [1.807, 2.05) is 0 Å². The van der Waals surface area contributed by atoms with E-state index in [4.69, 9.17) is 0 Å². The molecule has 0 bridgehead atoms. The van der Waals surface area contributed by atoms with Gasteiger partial charge in [-0.3, -0.25) is 4.79 Å². The molecule has 0 aromatic carbocycles. The van der Waals surface area contributed by atoms with Gasteiger partial charge in [-0.2, -0.15) is 9.55 Å². The molecule has 0 radical (unpaired) electrons. The Labute approximate surface area is 96.3 Å². The second-order valence-electron chi connectivity index (χ2n) is 3.28. The van der Waals surface area contributed by atoms with Crippen LogP contribution in [0.5, 0.6) is 6.01 Å². The number of carbonyl (C=O) groups excluding carboxylic acids is 2. The first kappa shape index (κ1) is 12.8. The van der Waals surface area contributed by atoms with E-state index in [2.05, 4.69) is 9.72 Å². The molecule has 1 aromatic heterocycles. The Morgan fingerprint density at radius 1 is 1.59 bits per heavy atom. The zero-order valence-electron chi connectivity index (χ0n) is 9.37. The molecule has 0 amide bonds. The smallest absolute Gasteiger partial charge is 0.368 e. The number of ketones is 1. The second kappa shape index (κ2) is 5.19. The highest BCUT2D eigenvalue weighted by Gasteiger charge is 2.23. The van der Waals surface area contributed by atoms with E-state index in [0.717, 1.165) is 10.8 Å². The zero-order chi connectivity index (χ0) is 13.0. The Kier molecular flexibility index (Phi) is 3.91. The maximum absolute atomic E-state index is 11.2. The van der Waals surface area contributed by atoms with Crippen LogP contribution >= 0.6 is 0 Å². The second-order valence-corrected chi connectivity index (χ2v) is 3.28. The van der Waals surface area contributed by atoms with Crippen molar-refractivity contribution in [3.05, 3.63) is 16.3 Å². The largest absolute Gasteiger partial charge is 0.398 e. The lowest BCUT2D eigenvalue weighted by molar-refractivity contribution is -0.391. The first-order valence-electron chi connectivity index (χ1n) is 4.88. The number of aromatic nitrogens is 2. The fourth-order valence-electron chi connectivity index (χ4n) is 1.12. The van der Waals surface area contributed by atoms with Gasteiger partial charge in [0, 0.05) is 6.42 Å². The van der Waals surface area contributed by atoms with Crippen LogP contribution in [0.4, 0.5) is 5.82 Å². The summed E-state index contributed by atoms with van der Waals surface area (Å²) < 4.78 is 5.63. The fraction of sp³-hybridized carbons (Fsp3) is 0.444. The normalized spacial score (nSPS) is 10.0. The first-order valence-corrected chi connectivity index (χ1v) is 4.88.